The molecule has 1 aromatic carbocycles. The molecule has 0 saturated carbocycles. The molecule has 14 heteroatoms. The minimum Gasteiger partial charge on any atom is -0.444 e. The average Bonchev–Trinajstić information content (AvgIpc) is 2.99. The third-order valence-corrected chi connectivity index (χ3v) is 6.26. The molecule has 5 aromatic rings. The molecule has 0 fully saturated rings. The lowest BCUT2D eigenvalue weighted by Crippen LogP contribution is -2.27. The van der Waals surface area contributed by atoms with Crippen molar-refractivity contribution in [3.8, 4) is 0 Å². The molecular weight excluding hydrogens is 616 g/mol. The highest BCUT2D eigenvalue weighted by molar-refractivity contribution is 6.07. The van der Waals surface area contributed by atoms with Gasteiger partial charge in [0, 0.05) is 21.9 Å². The van der Waals surface area contributed by atoms with Crippen LogP contribution in [-0.2, 0) is 9.47 Å². The third kappa shape index (κ3) is 8.96. The van der Waals surface area contributed by atoms with Crippen LogP contribution in [0.25, 0.3) is 22.1 Å². The van der Waals surface area contributed by atoms with Gasteiger partial charge in [-0.15, -0.1) is 0 Å². The van der Waals surface area contributed by atoms with Crippen molar-refractivity contribution in [3.63, 3.8) is 0 Å². The molecule has 4 aromatic heterocycles. The number of hydrogen-bond donors (Lipinski definition) is 4. The van der Waals surface area contributed by atoms with Crippen LogP contribution in [0.5, 0.6) is 0 Å². The molecule has 48 heavy (non-hydrogen) atoms. The smallest absolute Gasteiger partial charge is 0.413 e. The van der Waals surface area contributed by atoms with Crippen molar-refractivity contribution in [2.75, 3.05) is 21.3 Å². The van der Waals surface area contributed by atoms with E-state index >= 15 is 0 Å². The Morgan fingerprint density at radius 2 is 0.750 bits per heavy atom. The number of hydrogen-bond acceptors (Lipinski definition) is 10. The predicted molar refractivity (Wildman–Crippen MR) is 181 cm³/mol. The summed E-state index contributed by atoms with van der Waals surface area (Å²) in [5, 5.41) is 12.0. The molecular formula is C34H34N8O6. The second kappa shape index (κ2) is 13.3. The molecule has 0 aliphatic carbocycles. The van der Waals surface area contributed by atoms with Crippen molar-refractivity contribution in [1.29, 1.82) is 0 Å². The third-order valence-electron chi connectivity index (χ3n) is 6.26. The van der Waals surface area contributed by atoms with E-state index in [1.165, 1.54) is 24.3 Å². The lowest BCUT2D eigenvalue weighted by Gasteiger charge is -2.19. The van der Waals surface area contributed by atoms with Crippen LogP contribution in [0.15, 0.2) is 72.8 Å². The zero-order chi connectivity index (χ0) is 34.6. The summed E-state index contributed by atoms with van der Waals surface area (Å²) >= 11 is 0. The first-order valence-corrected chi connectivity index (χ1v) is 14.9. The molecule has 246 valence electrons. The highest BCUT2D eigenvalue weighted by Gasteiger charge is 2.18. The molecule has 14 nitrogen and oxygen atoms in total. The van der Waals surface area contributed by atoms with Gasteiger partial charge in [0.15, 0.2) is 11.3 Å². The summed E-state index contributed by atoms with van der Waals surface area (Å²) in [5.41, 5.74) is -0.136. The Bertz CT molecular complexity index is 1890. The van der Waals surface area contributed by atoms with Crippen molar-refractivity contribution >= 4 is 69.3 Å². The van der Waals surface area contributed by atoms with Crippen LogP contribution in [0.4, 0.5) is 32.9 Å². The summed E-state index contributed by atoms with van der Waals surface area (Å²) in [4.78, 5) is 67.6. The van der Waals surface area contributed by atoms with Crippen molar-refractivity contribution < 1.29 is 28.7 Å². The molecule has 4 N–H and O–H groups in total. The fourth-order valence-corrected chi connectivity index (χ4v) is 4.24. The summed E-state index contributed by atoms with van der Waals surface area (Å²) in [7, 11) is 0. The molecule has 0 unspecified atom stereocenters. The zero-order valence-corrected chi connectivity index (χ0v) is 27.2. The predicted octanol–water partition coefficient (Wildman–Crippen LogP) is 6.77. The van der Waals surface area contributed by atoms with Gasteiger partial charge in [0.1, 0.15) is 34.5 Å². The second-order valence-electron chi connectivity index (χ2n) is 12.6. The van der Waals surface area contributed by atoms with Crippen molar-refractivity contribution in [3.05, 3.63) is 83.9 Å². The molecule has 0 atom stereocenters. The first-order valence-electron chi connectivity index (χ1n) is 14.9. The molecule has 0 bridgehead atoms. The Labute approximate surface area is 275 Å². The minimum absolute atomic E-state index is 0.247. The number of carbonyl (C=O) groups excluding carboxylic acids is 4. The highest BCUT2D eigenvalue weighted by Crippen LogP contribution is 2.20. The lowest BCUT2D eigenvalue weighted by molar-refractivity contribution is 0.0624. The number of pyridine rings is 4. The number of carbonyl (C=O) groups is 4. The van der Waals surface area contributed by atoms with Gasteiger partial charge in [0.05, 0.1) is 0 Å². The van der Waals surface area contributed by atoms with Crippen LogP contribution < -0.4 is 21.3 Å². The van der Waals surface area contributed by atoms with E-state index in [1.54, 1.807) is 90.1 Å². The van der Waals surface area contributed by atoms with Crippen LogP contribution >= 0.6 is 0 Å². The Morgan fingerprint density at radius 3 is 1.04 bits per heavy atom. The number of amides is 4. The van der Waals surface area contributed by atoms with E-state index in [0.29, 0.717) is 33.2 Å². The maximum absolute atomic E-state index is 13.0. The molecule has 4 heterocycles. The Hall–Kier alpha value is -6.18. The molecule has 0 saturated heterocycles. The van der Waals surface area contributed by atoms with E-state index in [0.717, 1.165) is 0 Å². The van der Waals surface area contributed by atoms with Gasteiger partial charge >= 0.3 is 12.2 Å². The summed E-state index contributed by atoms with van der Waals surface area (Å²) in [6.45, 7) is 10.5. The summed E-state index contributed by atoms with van der Waals surface area (Å²) < 4.78 is 10.5. The summed E-state index contributed by atoms with van der Waals surface area (Å²) in [6.07, 6.45) is -1.30. The fraction of sp³-hybridized carbons (Fsp3) is 0.235. The molecule has 4 amide bonds. The van der Waals surface area contributed by atoms with Crippen LogP contribution in [0, 0.1) is 0 Å². The van der Waals surface area contributed by atoms with Gasteiger partial charge in [-0.25, -0.2) is 29.5 Å². The van der Waals surface area contributed by atoms with E-state index in [9.17, 15) is 19.2 Å². The molecule has 0 aliphatic rings. The summed E-state index contributed by atoms with van der Waals surface area (Å²) in [6, 6.07) is 19.5. The van der Waals surface area contributed by atoms with Crippen LogP contribution in [0.2, 0.25) is 0 Å². The van der Waals surface area contributed by atoms with Gasteiger partial charge in [0.25, 0.3) is 11.8 Å². The zero-order valence-electron chi connectivity index (χ0n) is 27.2. The molecule has 0 spiro atoms. The monoisotopic (exact) mass is 650 g/mol. The maximum Gasteiger partial charge on any atom is 0.413 e. The first-order chi connectivity index (χ1) is 22.6. The molecule has 0 aliphatic heterocycles. The standard InChI is InChI=1S/C34H34N8O6/c1-33(2,3)47-31(45)41-25-17-13-19-11-15-23(35-27(19)37-25)39-29(43)21-7-9-22(10-8-21)30(44)40-24-16-12-20-14-18-26(38-28(20)36-24)42-32(46)48-34(4,5)6/h7-18H,1-6H3,(H2,35,37,39,41,43,45)(H2,36,38,40,42,44,46). The topological polar surface area (TPSA) is 186 Å². The van der Waals surface area contributed by atoms with Crippen LogP contribution in [0.3, 0.4) is 0 Å². The quantitative estimate of drug-likeness (QED) is 0.153. The molecule has 0 radical (unpaired) electrons. The minimum atomic E-state index is -0.666. The first kappa shape index (κ1) is 33.2. The lowest BCUT2D eigenvalue weighted by atomic mass is 10.1. The SMILES string of the molecule is CC(C)(C)OC(=O)Nc1ccc2ccc(NC(=O)c3ccc(C(=O)Nc4ccc5ccc(NC(=O)OC(C)(C)C)nc5n4)cc3)nc2n1. The number of aromatic nitrogens is 4. The van der Waals surface area contributed by atoms with E-state index in [-0.39, 0.29) is 23.3 Å². The number of nitrogens with one attached hydrogen (secondary N) is 4. The largest absolute Gasteiger partial charge is 0.444 e. The van der Waals surface area contributed by atoms with E-state index < -0.39 is 35.2 Å². The normalized spacial score (nSPS) is 11.5. The van der Waals surface area contributed by atoms with E-state index in [1.807, 2.05) is 0 Å². The number of rotatable bonds is 6. The Kier molecular flexibility index (Phi) is 9.18. The Balaban J connectivity index is 1.21. The highest BCUT2D eigenvalue weighted by atomic mass is 16.6. The van der Waals surface area contributed by atoms with Crippen LogP contribution in [-0.4, -0.2) is 55.1 Å². The number of nitrogens with zero attached hydrogens (tertiary/aromatic N) is 4. The average molecular weight is 651 g/mol. The second-order valence-corrected chi connectivity index (χ2v) is 12.6. The van der Waals surface area contributed by atoms with Crippen molar-refractivity contribution in [2.24, 2.45) is 0 Å². The number of benzene rings is 1. The Morgan fingerprint density at radius 1 is 0.458 bits per heavy atom. The number of ether oxygens (including phenoxy) is 2. The van der Waals surface area contributed by atoms with Gasteiger partial charge in [0.2, 0.25) is 0 Å². The number of anilines is 4. The fourth-order valence-electron chi connectivity index (χ4n) is 4.24. The van der Waals surface area contributed by atoms with Crippen LogP contribution in [0.1, 0.15) is 62.3 Å². The van der Waals surface area contributed by atoms with E-state index in [2.05, 4.69) is 41.2 Å². The number of fused-ring (bicyclic) bond motifs is 2. The van der Waals surface area contributed by atoms with Gasteiger partial charge in [-0.3, -0.25) is 20.2 Å². The summed E-state index contributed by atoms with van der Waals surface area (Å²) in [5.74, 6) is 0.0894. The van der Waals surface area contributed by atoms with Gasteiger partial charge < -0.3 is 20.1 Å². The van der Waals surface area contributed by atoms with Gasteiger partial charge in [-0.05, 0) is 114 Å². The van der Waals surface area contributed by atoms with Gasteiger partial charge in [-0.1, -0.05) is 0 Å². The maximum atomic E-state index is 13.0. The van der Waals surface area contributed by atoms with Gasteiger partial charge in [-0.2, -0.15) is 0 Å². The van der Waals surface area contributed by atoms with E-state index in [4.69, 9.17) is 9.47 Å². The van der Waals surface area contributed by atoms with Crippen molar-refractivity contribution in [1.82, 2.24) is 19.9 Å². The molecule has 5 rings (SSSR count). The van der Waals surface area contributed by atoms with Crippen molar-refractivity contribution in [2.45, 2.75) is 52.7 Å².